The van der Waals surface area contributed by atoms with E-state index in [-0.39, 0.29) is 12.3 Å². The zero-order valence-corrected chi connectivity index (χ0v) is 9.71. The molecule has 0 amide bonds. The molecule has 0 aliphatic carbocycles. The summed E-state index contributed by atoms with van der Waals surface area (Å²) in [7, 11) is 0.0857. The average molecular weight is 232 g/mol. The highest BCUT2D eigenvalue weighted by Crippen LogP contribution is 2.02. The lowest BCUT2D eigenvalue weighted by Crippen LogP contribution is -2.32. The molecule has 2 N–H and O–H groups in total. The summed E-state index contributed by atoms with van der Waals surface area (Å²) in [5.74, 6) is 0.742. The van der Waals surface area contributed by atoms with Crippen molar-refractivity contribution in [1.82, 2.24) is 19.6 Å². The molecule has 1 aromatic rings. The summed E-state index contributed by atoms with van der Waals surface area (Å²) in [6.07, 6.45) is 3.27. The van der Waals surface area contributed by atoms with Crippen LogP contribution >= 0.6 is 0 Å². The van der Waals surface area contributed by atoms with Gasteiger partial charge in [-0.15, -0.1) is 0 Å². The van der Waals surface area contributed by atoms with Crippen molar-refractivity contribution >= 4 is 10.0 Å². The van der Waals surface area contributed by atoms with E-state index in [1.165, 1.54) is 4.31 Å². The molecule has 6 nitrogen and oxygen atoms in total. The molecule has 0 spiro atoms. The van der Waals surface area contributed by atoms with Crippen molar-refractivity contribution in [2.24, 2.45) is 0 Å². The van der Waals surface area contributed by atoms with Gasteiger partial charge in [-0.2, -0.15) is 4.31 Å². The highest BCUT2D eigenvalue weighted by molar-refractivity contribution is 7.89. The summed E-state index contributed by atoms with van der Waals surface area (Å²) in [5.41, 5.74) is 0. The molecule has 1 aromatic heterocycles. The second-order valence-corrected chi connectivity index (χ2v) is 5.41. The second kappa shape index (κ2) is 5.24. The van der Waals surface area contributed by atoms with E-state index in [0.717, 1.165) is 0 Å². The van der Waals surface area contributed by atoms with Gasteiger partial charge in [0, 0.05) is 26.0 Å². The van der Waals surface area contributed by atoms with E-state index in [2.05, 4.69) is 15.3 Å². The van der Waals surface area contributed by atoms with Gasteiger partial charge < -0.3 is 10.3 Å². The van der Waals surface area contributed by atoms with E-state index >= 15 is 0 Å². The van der Waals surface area contributed by atoms with Crippen molar-refractivity contribution in [3.63, 3.8) is 0 Å². The van der Waals surface area contributed by atoms with Crippen molar-refractivity contribution < 1.29 is 8.42 Å². The lowest BCUT2D eigenvalue weighted by molar-refractivity contribution is 0.457. The Hall–Kier alpha value is -0.920. The quantitative estimate of drug-likeness (QED) is 0.686. The number of H-pyrrole nitrogens is 1. The Morgan fingerprint density at radius 1 is 1.60 bits per heavy atom. The van der Waals surface area contributed by atoms with Gasteiger partial charge in [0.1, 0.15) is 5.82 Å². The van der Waals surface area contributed by atoms with Gasteiger partial charge >= 0.3 is 0 Å². The maximum absolute atomic E-state index is 11.7. The van der Waals surface area contributed by atoms with E-state index in [1.807, 2.05) is 0 Å². The molecule has 0 aliphatic rings. The van der Waals surface area contributed by atoms with Crippen LogP contribution in [0.15, 0.2) is 12.4 Å². The molecular formula is C8H16N4O2S. The van der Waals surface area contributed by atoms with Gasteiger partial charge in [-0.1, -0.05) is 0 Å². The van der Waals surface area contributed by atoms with E-state index in [1.54, 1.807) is 26.5 Å². The number of hydrogen-bond donors (Lipinski definition) is 2. The first kappa shape index (κ1) is 12.2. The summed E-state index contributed by atoms with van der Waals surface area (Å²) < 4.78 is 24.6. The van der Waals surface area contributed by atoms with Crippen LogP contribution in [0.4, 0.5) is 0 Å². The number of aromatic amines is 1. The van der Waals surface area contributed by atoms with Gasteiger partial charge in [-0.25, -0.2) is 13.4 Å². The fourth-order valence-corrected chi connectivity index (χ4v) is 2.17. The maximum atomic E-state index is 11.7. The number of nitrogens with one attached hydrogen (secondary N) is 2. The zero-order chi connectivity index (χ0) is 11.3. The Labute approximate surface area is 89.8 Å². The van der Waals surface area contributed by atoms with Crippen LogP contribution in [0.3, 0.4) is 0 Å². The van der Waals surface area contributed by atoms with E-state index < -0.39 is 10.0 Å². The van der Waals surface area contributed by atoms with Crippen molar-refractivity contribution in [1.29, 1.82) is 0 Å². The Bertz CT molecular complexity index is 373. The van der Waals surface area contributed by atoms with Crippen LogP contribution < -0.4 is 5.32 Å². The maximum Gasteiger partial charge on any atom is 0.215 e. The Morgan fingerprint density at radius 3 is 2.87 bits per heavy atom. The van der Waals surface area contributed by atoms with Crippen LogP contribution in [0, 0.1) is 0 Å². The first-order valence-electron chi connectivity index (χ1n) is 4.63. The molecule has 15 heavy (non-hydrogen) atoms. The first-order chi connectivity index (χ1) is 7.06. The third kappa shape index (κ3) is 3.61. The molecule has 0 fully saturated rings. The summed E-state index contributed by atoms with van der Waals surface area (Å²) in [5, 5.41) is 2.81. The molecule has 0 unspecified atom stereocenters. The Kier molecular flexibility index (Phi) is 4.25. The molecule has 0 saturated heterocycles. The monoisotopic (exact) mass is 232 g/mol. The summed E-state index contributed by atoms with van der Waals surface area (Å²) in [6, 6.07) is 0. The Balaban J connectivity index is 2.56. The number of hydrogen-bond acceptors (Lipinski definition) is 4. The number of aromatic nitrogens is 2. The van der Waals surface area contributed by atoms with E-state index in [0.29, 0.717) is 12.4 Å². The molecule has 0 aliphatic heterocycles. The molecule has 0 aromatic carbocycles. The lowest BCUT2D eigenvalue weighted by atomic mass is 10.6. The zero-order valence-electron chi connectivity index (χ0n) is 8.90. The summed E-state index contributed by atoms with van der Waals surface area (Å²) >= 11 is 0. The molecule has 1 heterocycles. The van der Waals surface area contributed by atoms with Crippen LogP contribution in [0.2, 0.25) is 0 Å². The van der Waals surface area contributed by atoms with Crippen LogP contribution in [0.25, 0.3) is 0 Å². The molecule has 0 atom stereocenters. The predicted molar refractivity (Wildman–Crippen MR) is 57.8 cm³/mol. The second-order valence-electron chi connectivity index (χ2n) is 3.21. The van der Waals surface area contributed by atoms with Gasteiger partial charge in [0.2, 0.25) is 10.0 Å². The summed E-state index contributed by atoms with van der Waals surface area (Å²) in [6.45, 7) is 0.726. The molecule has 0 saturated carbocycles. The fourth-order valence-electron chi connectivity index (χ4n) is 1.08. The van der Waals surface area contributed by atoms with Crippen LogP contribution in [0.1, 0.15) is 5.82 Å². The minimum Gasteiger partial charge on any atom is -0.347 e. The van der Waals surface area contributed by atoms with Crippen molar-refractivity contribution in [2.45, 2.75) is 6.54 Å². The van der Waals surface area contributed by atoms with Gasteiger partial charge in [0.25, 0.3) is 0 Å². The van der Waals surface area contributed by atoms with E-state index in [9.17, 15) is 8.42 Å². The number of imidazole rings is 1. The van der Waals surface area contributed by atoms with Gasteiger partial charge in [-0.3, -0.25) is 0 Å². The fraction of sp³-hybridized carbons (Fsp3) is 0.625. The predicted octanol–water partition coefficient (Wildman–Crippen LogP) is -0.609. The topological polar surface area (TPSA) is 78.1 Å². The molecule has 1 rings (SSSR count). The molecule has 0 bridgehead atoms. The normalized spacial score (nSPS) is 12.2. The molecular weight excluding hydrogens is 216 g/mol. The van der Waals surface area contributed by atoms with E-state index in [4.69, 9.17) is 0 Å². The van der Waals surface area contributed by atoms with Crippen LogP contribution in [0.5, 0.6) is 0 Å². The van der Waals surface area contributed by atoms with Gasteiger partial charge in [-0.05, 0) is 7.05 Å². The third-order valence-electron chi connectivity index (χ3n) is 2.01. The molecule has 86 valence electrons. The molecule has 7 heteroatoms. The first-order valence-corrected chi connectivity index (χ1v) is 6.24. The lowest BCUT2D eigenvalue weighted by Gasteiger charge is -2.15. The van der Waals surface area contributed by atoms with Crippen LogP contribution in [-0.4, -0.2) is 49.1 Å². The number of rotatable bonds is 6. The van der Waals surface area contributed by atoms with Crippen LogP contribution in [-0.2, 0) is 16.6 Å². The molecule has 0 radical (unpaired) electrons. The SMILES string of the molecule is CNCCS(=O)(=O)N(C)Cc1ncc[nH]1. The van der Waals surface area contributed by atoms with Crippen molar-refractivity contribution in [3.8, 4) is 0 Å². The number of sulfonamides is 1. The number of nitrogens with zero attached hydrogens (tertiary/aromatic N) is 2. The highest BCUT2D eigenvalue weighted by atomic mass is 32.2. The largest absolute Gasteiger partial charge is 0.347 e. The average Bonchev–Trinajstić information content (AvgIpc) is 2.67. The minimum atomic E-state index is -3.19. The highest BCUT2D eigenvalue weighted by Gasteiger charge is 2.17. The Morgan fingerprint density at radius 2 is 2.33 bits per heavy atom. The minimum absolute atomic E-state index is 0.0979. The standard InChI is InChI=1S/C8H16N4O2S/c1-9-5-6-15(13,14)12(2)7-8-10-3-4-11-8/h3-4,9H,5-7H2,1-2H3,(H,10,11). The smallest absolute Gasteiger partial charge is 0.215 e. The van der Waals surface area contributed by atoms with Crippen molar-refractivity contribution in [2.75, 3.05) is 26.4 Å². The van der Waals surface area contributed by atoms with Gasteiger partial charge in [0.15, 0.2) is 0 Å². The third-order valence-corrected chi connectivity index (χ3v) is 3.81. The summed E-state index contributed by atoms with van der Waals surface area (Å²) in [4.78, 5) is 6.84. The van der Waals surface area contributed by atoms with Gasteiger partial charge in [0.05, 0.1) is 12.3 Å². The van der Waals surface area contributed by atoms with Crippen molar-refractivity contribution in [3.05, 3.63) is 18.2 Å².